The van der Waals surface area contributed by atoms with Crippen molar-refractivity contribution < 1.29 is 0 Å². The van der Waals surface area contributed by atoms with E-state index in [1.165, 1.54) is 66.0 Å². The molecule has 0 aliphatic rings. The molecule has 0 aliphatic heterocycles. The zero-order chi connectivity index (χ0) is 43.6. The van der Waals surface area contributed by atoms with Gasteiger partial charge in [-0.2, -0.15) is 0 Å². The van der Waals surface area contributed by atoms with Crippen LogP contribution in [0.4, 0.5) is 0 Å². The standard InChI is InChI=1S/C62H40N4/c1-4-15-43(16-5-1)61-55-39-47(31-34-56(55)63-62(64-61)48-33-36-60-54(40-48)52-24-11-13-26-58(52)66(60)50-21-8-3-9-22-50)45-18-14-17-44(37-45)41-27-29-42(30-28-41)46-32-35-59-53(38-46)51-23-10-12-25-57(51)65(59)49-19-6-2-7-20-49/h1-40H. The highest BCUT2D eigenvalue weighted by atomic mass is 15.0. The first-order valence-corrected chi connectivity index (χ1v) is 22.5. The minimum Gasteiger partial charge on any atom is -0.309 e. The molecular weight excluding hydrogens is 801 g/mol. The Morgan fingerprint density at radius 3 is 1.26 bits per heavy atom. The lowest BCUT2D eigenvalue weighted by molar-refractivity contribution is 1.18. The molecule has 0 radical (unpaired) electrons. The van der Waals surface area contributed by atoms with Crippen molar-refractivity contribution in [2.24, 2.45) is 0 Å². The van der Waals surface area contributed by atoms with Gasteiger partial charge in [-0.1, -0.05) is 158 Å². The van der Waals surface area contributed by atoms with Crippen LogP contribution in [0.15, 0.2) is 243 Å². The van der Waals surface area contributed by atoms with E-state index in [0.29, 0.717) is 5.82 Å². The Morgan fingerprint density at radius 1 is 0.242 bits per heavy atom. The molecule has 10 aromatic carbocycles. The summed E-state index contributed by atoms with van der Waals surface area (Å²) in [5.74, 6) is 0.705. The van der Waals surface area contributed by atoms with Crippen LogP contribution in [0.1, 0.15) is 0 Å². The summed E-state index contributed by atoms with van der Waals surface area (Å²) in [6.07, 6.45) is 0. The minimum absolute atomic E-state index is 0.705. The van der Waals surface area contributed by atoms with Crippen LogP contribution in [0.3, 0.4) is 0 Å². The summed E-state index contributed by atoms with van der Waals surface area (Å²) < 4.78 is 4.70. The van der Waals surface area contributed by atoms with Crippen molar-refractivity contribution in [3.8, 4) is 67.4 Å². The normalized spacial score (nSPS) is 11.6. The van der Waals surface area contributed by atoms with Crippen LogP contribution in [-0.2, 0) is 0 Å². The number of para-hydroxylation sites is 4. The summed E-state index contributed by atoms with van der Waals surface area (Å²) in [5.41, 5.74) is 17.9. The summed E-state index contributed by atoms with van der Waals surface area (Å²) >= 11 is 0. The van der Waals surface area contributed by atoms with Gasteiger partial charge in [0.15, 0.2) is 5.82 Å². The first-order chi connectivity index (χ1) is 32.7. The number of aromatic nitrogens is 4. The smallest absolute Gasteiger partial charge is 0.160 e. The van der Waals surface area contributed by atoms with E-state index in [2.05, 4.69) is 252 Å². The molecule has 13 aromatic rings. The quantitative estimate of drug-likeness (QED) is 0.160. The molecule has 3 heterocycles. The van der Waals surface area contributed by atoms with E-state index >= 15 is 0 Å². The van der Waals surface area contributed by atoms with Gasteiger partial charge in [0.1, 0.15) is 0 Å². The Labute approximate surface area is 382 Å². The van der Waals surface area contributed by atoms with Gasteiger partial charge in [-0.15, -0.1) is 0 Å². The Bertz CT molecular complexity index is 3960. The molecule has 3 aromatic heterocycles. The summed E-state index contributed by atoms with van der Waals surface area (Å²) in [6.45, 7) is 0. The lowest BCUT2D eigenvalue weighted by atomic mass is 9.95. The van der Waals surface area contributed by atoms with E-state index in [9.17, 15) is 0 Å². The maximum atomic E-state index is 5.35. The molecule has 0 spiro atoms. The van der Waals surface area contributed by atoms with E-state index in [4.69, 9.17) is 9.97 Å². The third-order valence-corrected chi connectivity index (χ3v) is 13.1. The van der Waals surface area contributed by atoms with Crippen molar-refractivity contribution in [1.82, 2.24) is 19.1 Å². The van der Waals surface area contributed by atoms with E-state index in [1.54, 1.807) is 0 Å². The van der Waals surface area contributed by atoms with Crippen molar-refractivity contribution >= 4 is 54.5 Å². The Balaban J connectivity index is 0.853. The third-order valence-electron chi connectivity index (χ3n) is 13.1. The Morgan fingerprint density at radius 2 is 0.652 bits per heavy atom. The average Bonchev–Trinajstić information content (AvgIpc) is 3.91. The fraction of sp³-hybridized carbons (Fsp3) is 0. The SMILES string of the molecule is c1ccc(-c2nc(-c3ccc4c(c3)c3ccccc3n4-c3ccccc3)nc3ccc(-c4cccc(-c5ccc(-c6ccc7c(c6)c6ccccc6n7-c6ccccc6)cc5)c4)cc23)cc1. The average molecular weight is 841 g/mol. The molecule has 0 atom stereocenters. The number of rotatable bonds is 7. The van der Waals surface area contributed by atoms with Gasteiger partial charge >= 0.3 is 0 Å². The molecule has 4 nitrogen and oxygen atoms in total. The monoisotopic (exact) mass is 840 g/mol. The molecule has 0 amide bonds. The summed E-state index contributed by atoms with van der Waals surface area (Å²) in [6, 6.07) is 86.9. The molecule has 66 heavy (non-hydrogen) atoms. The van der Waals surface area contributed by atoms with Gasteiger partial charge in [0.25, 0.3) is 0 Å². The van der Waals surface area contributed by atoms with Gasteiger partial charge in [-0.05, 0) is 118 Å². The maximum Gasteiger partial charge on any atom is 0.160 e. The fourth-order valence-corrected chi connectivity index (χ4v) is 9.96. The van der Waals surface area contributed by atoms with Crippen LogP contribution < -0.4 is 0 Å². The minimum atomic E-state index is 0.705. The second-order valence-electron chi connectivity index (χ2n) is 17.0. The molecular formula is C62H40N4. The van der Waals surface area contributed by atoms with Gasteiger partial charge in [-0.25, -0.2) is 9.97 Å². The molecule has 4 heteroatoms. The van der Waals surface area contributed by atoms with E-state index < -0.39 is 0 Å². The number of hydrogen-bond acceptors (Lipinski definition) is 2. The molecule has 0 saturated carbocycles. The highest BCUT2D eigenvalue weighted by Gasteiger charge is 2.18. The zero-order valence-electron chi connectivity index (χ0n) is 35.9. The van der Waals surface area contributed by atoms with Crippen molar-refractivity contribution in [2.45, 2.75) is 0 Å². The lowest BCUT2D eigenvalue weighted by Gasteiger charge is -2.12. The molecule has 0 aliphatic carbocycles. The fourth-order valence-electron chi connectivity index (χ4n) is 9.96. The van der Waals surface area contributed by atoms with Crippen LogP contribution in [0.5, 0.6) is 0 Å². The van der Waals surface area contributed by atoms with Crippen LogP contribution in [-0.4, -0.2) is 19.1 Å². The molecule has 0 N–H and O–H groups in total. The van der Waals surface area contributed by atoms with Crippen LogP contribution in [0.25, 0.3) is 122 Å². The summed E-state index contributed by atoms with van der Waals surface area (Å²) in [7, 11) is 0. The molecule has 308 valence electrons. The van der Waals surface area contributed by atoms with Gasteiger partial charge in [-0.3, -0.25) is 0 Å². The van der Waals surface area contributed by atoms with Crippen LogP contribution in [0, 0.1) is 0 Å². The Hall–Kier alpha value is -8.86. The molecule has 0 bridgehead atoms. The van der Waals surface area contributed by atoms with Crippen LogP contribution >= 0.6 is 0 Å². The first kappa shape index (κ1) is 37.7. The maximum absolute atomic E-state index is 5.35. The second kappa shape index (κ2) is 15.4. The van der Waals surface area contributed by atoms with Gasteiger partial charge < -0.3 is 9.13 Å². The molecule has 0 fully saturated rings. The topological polar surface area (TPSA) is 35.6 Å². The summed E-state index contributed by atoms with van der Waals surface area (Å²) in [5, 5.41) is 5.90. The van der Waals surface area contributed by atoms with Gasteiger partial charge in [0.05, 0.1) is 33.3 Å². The van der Waals surface area contributed by atoms with Crippen molar-refractivity contribution in [3.05, 3.63) is 243 Å². The van der Waals surface area contributed by atoms with E-state index in [-0.39, 0.29) is 0 Å². The van der Waals surface area contributed by atoms with Gasteiger partial charge in [0.2, 0.25) is 0 Å². The number of nitrogens with zero attached hydrogens (tertiary/aromatic N) is 4. The molecule has 0 unspecified atom stereocenters. The predicted octanol–water partition coefficient (Wildman–Crippen LogP) is 16.2. The van der Waals surface area contributed by atoms with Gasteiger partial charge in [0, 0.05) is 49.4 Å². The van der Waals surface area contributed by atoms with E-state index in [1.807, 2.05) is 0 Å². The predicted molar refractivity (Wildman–Crippen MR) is 275 cm³/mol. The van der Waals surface area contributed by atoms with E-state index in [0.717, 1.165) is 50.1 Å². The highest BCUT2D eigenvalue weighted by molar-refractivity contribution is 6.11. The highest BCUT2D eigenvalue weighted by Crippen LogP contribution is 2.39. The van der Waals surface area contributed by atoms with Crippen molar-refractivity contribution in [1.29, 1.82) is 0 Å². The third kappa shape index (κ3) is 6.30. The number of fused-ring (bicyclic) bond motifs is 7. The van der Waals surface area contributed by atoms with Crippen molar-refractivity contribution in [2.75, 3.05) is 0 Å². The van der Waals surface area contributed by atoms with Crippen LogP contribution in [0.2, 0.25) is 0 Å². The largest absolute Gasteiger partial charge is 0.309 e. The number of benzene rings is 10. The zero-order valence-corrected chi connectivity index (χ0v) is 35.9. The second-order valence-corrected chi connectivity index (χ2v) is 17.0. The Kier molecular flexibility index (Phi) is 8.81. The number of hydrogen-bond donors (Lipinski definition) is 0. The lowest BCUT2D eigenvalue weighted by Crippen LogP contribution is -1.96. The first-order valence-electron chi connectivity index (χ1n) is 22.5. The summed E-state index contributed by atoms with van der Waals surface area (Å²) in [4.78, 5) is 10.6. The van der Waals surface area contributed by atoms with Crippen molar-refractivity contribution in [3.63, 3.8) is 0 Å². The molecule has 13 rings (SSSR count). The molecule has 0 saturated heterocycles.